The average Bonchev–Trinajstić information content (AvgIpc) is 2.85. The van der Waals surface area contributed by atoms with Gasteiger partial charge in [-0.15, -0.1) is 0 Å². The summed E-state index contributed by atoms with van der Waals surface area (Å²) >= 11 is 0. The first kappa shape index (κ1) is 13.7. The molecule has 0 atom stereocenters. The van der Waals surface area contributed by atoms with E-state index < -0.39 is 0 Å². The van der Waals surface area contributed by atoms with Crippen LogP contribution in [0, 0.1) is 11.3 Å². The predicted molar refractivity (Wildman–Crippen MR) is 83.0 cm³/mol. The van der Waals surface area contributed by atoms with Crippen molar-refractivity contribution in [3.63, 3.8) is 0 Å². The van der Waals surface area contributed by atoms with Gasteiger partial charge < -0.3 is 14.9 Å². The molecule has 22 heavy (non-hydrogen) atoms. The van der Waals surface area contributed by atoms with E-state index in [1.165, 1.54) is 0 Å². The summed E-state index contributed by atoms with van der Waals surface area (Å²) in [4.78, 5) is 12.8. The lowest BCUT2D eigenvalue weighted by Crippen LogP contribution is -2.08. The number of ether oxygens (including phenoxy) is 1. The minimum absolute atomic E-state index is 0.196. The highest BCUT2D eigenvalue weighted by Crippen LogP contribution is 2.28. The molecule has 0 spiro atoms. The number of rotatable bonds is 3. The van der Waals surface area contributed by atoms with E-state index >= 15 is 0 Å². The molecule has 108 valence electrons. The number of carbonyl (C=O) groups excluding carboxylic acids is 1. The van der Waals surface area contributed by atoms with Crippen LogP contribution in [0.1, 0.15) is 21.6 Å². The fourth-order valence-corrected chi connectivity index (χ4v) is 2.48. The van der Waals surface area contributed by atoms with E-state index in [0.29, 0.717) is 28.1 Å². The summed E-state index contributed by atoms with van der Waals surface area (Å²) in [7, 11) is 1.54. The van der Waals surface area contributed by atoms with E-state index in [1.807, 2.05) is 0 Å². The van der Waals surface area contributed by atoms with Crippen LogP contribution in [0.15, 0.2) is 48.7 Å². The molecule has 0 aliphatic carbocycles. The first-order valence-corrected chi connectivity index (χ1v) is 6.64. The number of nitrogens with two attached hydrogens (primary N) is 1. The SMILES string of the molecule is COc1cccc(C(=O)c2c(N)c(C#N)c3ccccn23)c1. The van der Waals surface area contributed by atoms with Crippen LogP contribution in [0.5, 0.6) is 5.75 Å². The minimum atomic E-state index is -0.251. The van der Waals surface area contributed by atoms with Gasteiger partial charge in [0, 0.05) is 11.8 Å². The van der Waals surface area contributed by atoms with Crippen molar-refractivity contribution in [3.8, 4) is 11.8 Å². The molecule has 0 radical (unpaired) electrons. The Morgan fingerprint density at radius 3 is 2.82 bits per heavy atom. The highest BCUT2D eigenvalue weighted by atomic mass is 16.5. The van der Waals surface area contributed by atoms with E-state index in [-0.39, 0.29) is 11.5 Å². The van der Waals surface area contributed by atoms with E-state index in [2.05, 4.69) is 6.07 Å². The van der Waals surface area contributed by atoms with E-state index in [0.717, 1.165) is 0 Å². The molecule has 2 N–H and O–H groups in total. The maximum Gasteiger partial charge on any atom is 0.212 e. The normalized spacial score (nSPS) is 10.4. The zero-order valence-corrected chi connectivity index (χ0v) is 11.9. The number of ketones is 1. The highest BCUT2D eigenvalue weighted by Gasteiger charge is 2.22. The van der Waals surface area contributed by atoms with Gasteiger partial charge in [0.25, 0.3) is 0 Å². The van der Waals surface area contributed by atoms with Crippen molar-refractivity contribution in [2.45, 2.75) is 0 Å². The van der Waals surface area contributed by atoms with Crippen LogP contribution < -0.4 is 10.5 Å². The molecule has 0 amide bonds. The van der Waals surface area contributed by atoms with E-state index in [9.17, 15) is 10.1 Å². The Hall–Kier alpha value is -3.26. The maximum absolute atomic E-state index is 12.8. The molecule has 2 aromatic heterocycles. The van der Waals surface area contributed by atoms with Gasteiger partial charge in [0.1, 0.15) is 23.1 Å². The molecule has 0 bridgehead atoms. The summed E-state index contributed by atoms with van der Waals surface area (Å²) < 4.78 is 6.79. The molecule has 0 saturated carbocycles. The second-order valence-electron chi connectivity index (χ2n) is 4.77. The first-order valence-electron chi connectivity index (χ1n) is 6.64. The second kappa shape index (κ2) is 5.26. The molecule has 0 aliphatic heterocycles. The number of nitriles is 1. The predicted octanol–water partition coefficient (Wildman–Crippen LogP) is 2.63. The number of pyridine rings is 1. The molecular formula is C17H13N3O2. The van der Waals surface area contributed by atoms with Crippen molar-refractivity contribution in [3.05, 3.63) is 65.5 Å². The Kier molecular flexibility index (Phi) is 3.28. The largest absolute Gasteiger partial charge is 0.497 e. The highest BCUT2D eigenvalue weighted by molar-refractivity contribution is 6.13. The fourth-order valence-electron chi connectivity index (χ4n) is 2.48. The third-order valence-corrected chi connectivity index (χ3v) is 3.54. The lowest BCUT2D eigenvalue weighted by Gasteiger charge is -2.05. The maximum atomic E-state index is 12.8. The van der Waals surface area contributed by atoms with Gasteiger partial charge in [-0.2, -0.15) is 5.26 Å². The van der Waals surface area contributed by atoms with Gasteiger partial charge in [-0.25, -0.2) is 0 Å². The smallest absolute Gasteiger partial charge is 0.212 e. The quantitative estimate of drug-likeness (QED) is 0.752. The third kappa shape index (κ3) is 1.98. The number of methoxy groups -OCH3 is 1. The molecule has 0 unspecified atom stereocenters. The number of nitrogen functional groups attached to an aromatic ring is 1. The zero-order valence-electron chi connectivity index (χ0n) is 11.9. The lowest BCUT2D eigenvalue weighted by molar-refractivity contribution is 0.103. The Labute approximate surface area is 127 Å². The Bertz CT molecular complexity index is 919. The average molecular weight is 291 g/mol. The number of anilines is 1. The van der Waals surface area contributed by atoms with Gasteiger partial charge in [-0.05, 0) is 24.3 Å². The molecule has 0 aliphatic rings. The summed E-state index contributed by atoms with van der Waals surface area (Å²) in [6, 6.07) is 14.3. The van der Waals surface area contributed by atoms with Gasteiger partial charge in [-0.1, -0.05) is 18.2 Å². The molecular weight excluding hydrogens is 278 g/mol. The van der Waals surface area contributed by atoms with Crippen molar-refractivity contribution in [1.29, 1.82) is 5.26 Å². The number of hydrogen-bond acceptors (Lipinski definition) is 4. The van der Waals surface area contributed by atoms with Gasteiger partial charge in [-0.3, -0.25) is 4.79 Å². The van der Waals surface area contributed by atoms with Gasteiger partial charge in [0.05, 0.1) is 18.3 Å². The summed E-state index contributed by atoms with van der Waals surface area (Å²) in [5, 5.41) is 9.29. The third-order valence-electron chi connectivity index (χ3n) is 3.54. The molecule has 1 aromatic carbocycles. The molecule has 5 nitrogen and oxygen atoms in total. The number of aromatic nitrogens is 1. The molecule has 5 heteroatoms. The van der Waals surface area contributed by atoms with Crippen LogP contribution in [-0.2, 0) is 0 Å². The monoisotopic (exact) mass is 291 g/mol. The van der Waals surface area contributed by atoms with Crippen molar-refractivity contribution < 1.29 is 9.53 Å². The van der Waals surface area contributed by atoms with E-state index in [4.69, 9.17) is 10.5 Å². The molecule has 3 aromatic rings. The van der Waals surface area contributed by atoms with Crippen LogP contribution in [0.4, 0.5) is 5.69 Å². The standard InChI is InChI=1S/C17H13N3O2/c1-22-12-6-4-5-11(9-12)17(21)16-15(19)13(10-18)14-7-2-3-8-20(14)16/h2-9H,19H2,1H3. The molecule has 2 heterocycles. The fraction of sp³-hybridized carbons (Fsp3) is 0.0588. The van der Waals surface area contributed by atoms with Gasteiger partial charge in [0.15, 0.2) is 0 Å². The summed E-state index contributed by atoms with van der Waals surface area (Å²) in [5.74, 6) is 0.338. The van der Waals surface area contributed by atoms with Crippen molar-refractivity contribution >= 4 is 17.0 Å². The summed E-state index contributed by atoms with van der Waals surface area (Å²) in [5.41, 5.74) is 7.92. The molecule has 0 fully saturated rings. The number of hydrogen-bond donors (Lipinski definition) is 1. The van der Waals surface area contributed by atoms with Crippen LogP contribution in [0.2, 0.25) is 0 Å². The summed E-state index contributed by atoms with van der Waals surface area (Å²) in [6.45, 7) is 0. The first-order chi connectivity index (χ1) is 10.7. The van der Waals surface area contributed by atoms with Crippen LogP contribution in [0.25, 0.3) is 5.52 Å². The second-order valence-corrected chi connectivity index (χ2v) is 4.77. The number of nitrogens with zero attached hydrogens (tertiary/aromatic N) is 2. The van der Waals surface area contributed by atoms with Crippen LogP contribution in [-0.4, -0.2) is 17.3 Å². The zero-order chi connectivity index (χ0) is 15.7. The number of benzene rings is 1. The molecule has 0 saturated heterocycles. The van der Waals surface area contributed by atoms with E-state index in [1.54, 1.807) is 60.2 Å². The molecule has 3 rings (SSSR count). The topological polar surface area (TPSA) is 80.5 Å². The summed E-state index contributed by atoms with van der Waals surface area (Å²) in [6.07, 6.45) is 1.72. The number of carbonyl (C=O) groups is 1. The Balaban J connectivity index is 2.24. The van der Waals surface area contributed by atoms with Crippen molar-refractivity contribution in [2.24, 2.45) is 0 Å². The van der Waals surface area contributed by atoms with Crippen molar-refractivity contribution in [1.82, 2.24) is 4.40 Å². The Morgan fingerprint density at radius 1 is 1.27 bits per heavy atom. The van der Waals surface area contributed by atoms with Crippen molar-refractivity contribution in [2.75, 3.05) is 12.8 Å². The minimum Gasteiger partial charge on any atom is -0.497 e. The van der Waals surface area contributed by atoms with Gasteiger partial charge >= 0.3 is 0 Å². The van der Waals surface area contributed by atoms with Gasteiger partial charge in [0.2, 0.25) is 5.78 Å². The number of fused-ring (bicyclic) bond motifs is 1. The van der Waals surface area contributed by atoms with Crippen LogP contribution >= 0.6 is 0 Å². The van der Waals surface area contributed by atoms with Crippen LogP contribution in [0.3, 0.4) is 0 Å². The lowest BCUT2D eigenvalue weighted by atomic mass is 10.1. The Morgan fingerprint density at radius 2 is 2.09 bits per heavy atom.